The number of hydrogen-bond acceptors (Lipinski definition) is 4. The van der Waals surface area contributed by atoms with Gasteiger partial charge in [0.05, 0.1) is 16.6 Å². The topological polar surface area (TPSA) is 24.9 Å². The summed E-state index contributed by atoms with van der Waals surface area (Å²) in [5.74, 6) is 1.26. The van der Waals surface area contributed by atoms with E-state index in [2.05, 4.69) is 15.7 Å². The van der Waals surface area contributed by atoms with Crippen molar-refractivity contribution in [1.82, 2.24) is 10.3 Å². The van der Waals surface area contributed by atoms with E-state index in [1.165, 1.54) is 17.9 Å². The van der Waals surface area contributed by atoms with Crippen LogP contribution in [0.15, 0.2) is 10.9 Å². The first-order valence-electron chi connectivity index (χ1n) is 3.70. The van der Waals surface area contributed by atoms with E-state index in [-0.39, 0.29) is 0 Å². The van der Waals surface area contributed by atoms with Gasteiger partial charge in [-0.2, -0.15) is 0 Å². The fraction of sp³-hybridized carbons (Fsp3) is 0.571. The van der Waals surface area contributed by atoms with Crippen molar-refractivity contribution in [3.8, 4) is 0 Å². The second kappa shape index (κ2) is 3.56. The zero-order chi connectivity index (χ0) is 7.52. The molecule has 11 heavy (non-hydrogen) atoms. The molecule has 1 atom stereocenters. The lowest BCUT2D eigenvalue weighted by Crippen LogP contribution is -2.25. The van der Waals surface area contributed by atoms with Crippen LogP contribution in [0.4, 0.5) is 0 Å². The van der Waals surface area contributed by atoms with Gasteiger partial charge in [-0.25, -0.2) is 4.98 Å². The normalized spacial score (nSPS) is 25.3. The molecule has 1 saturated heterocycles. The molecule has 0 spiro atoms. The average Bonchev–Trinajstić information content (AvgIpc) is 2.58. The lowest BCUT2D eigenvalue weighted by molar-refractivity contribution is 0.634. The molecule has 0 bridgehead atoms. The highest BCUT2D eigenvalue weighted by Crippen LogP contribution is 2.28. The molecule has 2 heterocycles. The maximum absolute atomic E-state index is 4.28. The van der Waals surface area contributed by atoms with Crippen LogP contribution >= 0.6 is 23.1 Å². The van der Waals surface area contributed by atoms with Gasteiger partial charge in [0.2, 0.25) is 0 Å². The first-order valence-corrected chi connectivity index (χ1v) is 5.69. The van der Waals surface area contributed by atoms with E-state index >= 15 is 0 Å². The molecule has 0 saturated carbocycles. The largest absolute Gasteiger partial charge is 0.300 e. The molecule has 0 amide bonds. The van der Waals surface area contributed by atoms with Gasteiger partial charge in [0, 0.05) is 5.38 Å². The van der Waals surface area contributed by atoms with Crippen LogP contribution in [0.2, 0.25) is 0 Å². The van der Waals surface area contributed by atoms with Gasteiger partial charge < -0.3 is 5.32 Å². The van der Waals surface area contributed by atoms with E-state index < -0.39 is 0 Å². The molecular weight excluding hydrogens is 176 g/mol. The van der Waals surface area contributed by atoms with Crippen LogP contribution < -0.4 is 5.32 Å². The summed E-state index contributed by atoms with van der Waals surface area (Å²) in [5.41, 5.74) is 3.09. The Balaban J connectivity index is 2.04. The van der Waals surface area contributed by atoms with E-state index in [0.717, 1.165) is 6.54 Å². The summed E-state index contributed by atoms with van der Waals surface area (Å²) in [6.07, 6.45) is 1.28. The molecule has 0 radical (unpaired) electrons. The predicted molar refractivity (Wildman–Crippen MR) is 49.9 cm³/mol. The Morgan fingerprint density at radius 3 is 3.27 bits per heavy atom. The first kappa shape index (κ1) is 7.58. The molecule has 2 rings (SSSR count). The van der Waals surface area contributed by atoms with Gasteiger partial charge >= 0.3 is 0 Å². The number of rotatable bonds is 1. The predicted octanol–water partition coefficient (Wildman–Crippen LogP) is 1.87. The maximum Gasteiger partial charge on any atom is 0.0970 e. The molecular formula is C7H10N2S2. The van der Waals surface area contributed by atoms with Crippen LogP contribution in [-0.2, 0) is 0 Å². The summed E-state index contributed by atoms with van der Waals surface area (Å²) in [6, 6.07) is 0. The van der Waals surface area contributed by atoms with Gasteiger partial charge in [0.25, 0.3) is 0 Å². The molecule has 1 aromatic heterocycles. The van der Waals surface area contributed by atoms with E-state index in [1.807, 2.05) is 17.3 Å². The quantitative estimate of drug-likeness (QED) is 0.724. The van der Waals surface area contributed by atoms with Gasteiger partial charge in [0.1, 0.15) is 0 Å². The molecule has 1 aliphatic rings. The number of thioether (sulfide) groups is 1. The Bertz CT molecular complexity index is 204. The molecule has 2 nitrogen and oxygen atoms in total. The standard InChI is InChI=1S/C7H10N2S2/c1-2-8-7(11-3-1)6-4-10-5-9-6/h4-5,7-8H,1-3H2. The molecule has 1 N–H and O–H groups in total. The Morgan fingerprint density at radius 2 is 2.64 bits per heavy atom. The van der Waals surface area contributed by atoms with Crippen LogP contribution in [0, 0.1) is 0 Å². The Hall–Kier alpha value is -0.0600. The minimum absolute atomic E-state index is 0.454. The second-order valence-corrected chi connectivity index (χ2v) is 4.40. The number of nitrogens with zero attached hydrogens (tertiary/aromatic N) is 1. The van der Waals surface area contributed by atoms with Crippen molar-refractivity contribution >= 4 is 23.1 Å². The Kier molecular flexibility index (Phi) is 2.45. The van der Waals surface area contributed by atoms with Crippen molar-refractivity contribution in [2.24, 2.45) is 0 Å². The molecule has 1 unspecified atom stereocenters. The number of aromatic nitrogens is 1. The molecule has 1 aromatic rings. The van der Waals surface area contributed by atoms with Crippen LogP contribution in [0.3, 0.4) is 0 Å². The highest BCUT2D eigenvalue weighted by atomic mass is 32.2. The van der Waals surface area contributed by atoms with E-state index in [4.69, 9.17) is 0 Å². The molecule has 0 aromatic carbocycles. The van der Waals surface area contributed by atoms with Gasteiger partial charge in [-0.05, 0) is 18.7 Å². The van der Waals surface area contributed by atoms with Crippen molar-refractivity contribution in [2.75, 3.05) is 12.3 Å². The van der Waals surface area contributed by atoms with E-state index in [1.54, 1.807) is 11.3 Å². The minimum Gasteiger partial charge on any atom is -0.300 e. The average molecular weight is 186 g/mol. The third kappa shape index (κ3) is 1.75. The fourth-order valence-electron chi connectivity index (χ4n) is 1.11. The Morgan fingerprint density at radius 1 is 1.64 bits per heavy atom. The maximum atomic E-state index is 4.28. The van der Waals surface area contributed by atoms with E-state index in [0.29, 0.717) is 5.37 Å². The van der Waals surface area contributed by atoms with Crippen LogP contribution in [0.25, 0.3) is 0 Å². The van der Waals surface area contributed by atoms with Gasteiger partial charge in [-0.1, -0.05) is 0 Å². The molecule has 0 aliphatic carbocycles. The summed E-state index contributed by atoms with van der Waals surface area (Å²) in [7, 11) is 0. The first-order chi connectivity index (χ1) is 5.47. The summed E-state index contributed by atoms with van der Waals surface area (Å²) in [4.78, 5) is 4.28. The third-order valence-corrected chi connectivity index (χ3v) is 3.53. The zero-order valence-electron chi connectivity index (χ0n) is 6.12. The third-order valence-electron chi connectivity index (χ3n) is 1.66. The summed E-state index contributed by atoms with van der Waals surface area (Å²) < 4.78 is 0. The minimum atomic E-state index is 0.454. The molecule has 1 fully saturated rings. The monoisotopic (exact) mass is 186 g/mol. The second-order valence-electron chi connectivity index (χ2n) is 2.47. The highest BCUT2D eigenvalue weighted by molar-refractivity contribution is 7.99. The van der Waals surface area contributed by atoms with Crippen molar-refractivity contribution in [3.05, 3.63) is 16.6 Å². The van der Waals surface area contributed by atoms with Crippen molar-refractivity contribution < 1.29 is 0 Å². The number of nitrogens with one attached hydrogen (secondary N) is 1. The van der Waals surface area contributed by atoms with Crippen molar-refractivity contribution in [3.63, 3.8) is 0 Å². The van der Waals surface area contributed by atoms with Gasteiger partial charge in [-0.15, -0.1) is 23.1 Å². The smallest absolute Gasteiger partial charge is 0.0970 e. The summed E-state index contributed by atoms with van der Waals surface area (Å²) in [5, 5.41) is 6.00. The number of hydrogen-bond donors (Lipinski definition) is 1. The lowest BCUT2D eigenvalue weighted by Gasteiger charge is -2.20. The molecule has 4 heteroatoms. The summed E-state index contributed by atoms with van der Waals surface area (Å²) in [6.45, 7) is 1.13. The van der Waals surface area contributed by atoms with Crippen molar-refractivity contribution in [2.45, 2.75) is 11.8 Å². The van der Waals surface area contributed by atoms with Crippen LogP contribution in [0.5, 0.6) is 0 Å². The molecule has 60 valence electrons. The molecule has 1 aliphatic heterocycles. The van der Waals surface area contributed by atoms with E-state index in [9.17, 15) is 0 Å². The SMILES string of the molecule is c1nc(C2NCCCS2)cs1. The van der Waals surface area contributed by atoms with Gasteiger partial charge in [-0.3, -0.25) is 0 Å². The van der Waals surface area contributed by atoms with Crippen molar-refractivity contribution in [1.29, 1.82) is 0 Å². The lowest BCUT2D eigenvalue weighted by atomic mass is 10.4. The fourth-order valence-corrected chi connectivity index (χ4v) is 2.85. The zero-order valence-corrected chi connectivity index (χ0v) is 7.75. The number of thiazole rings is 1. The highest BCUT2D eigenvalue weighted by Gasteiger charge is 2.15. The van der Waals surface area contributed by atoms with Gasteiger partial charge in [0.15, 0.2) is 0 Å². The van der Waals surface area contributed by atoms with Crippen LogP contribution in [0.1, 0.15) is 17.5 Å². The van der Waals surface area contributed by atoms with Crippen LogP contribution in [-0.4, -0.2) is 17.3 Å². The Labute approximate surface area is 74.4 Å². The summed E-state index contributed by atoms with van der Waals surface area (Å²) >= 11 is 3.62.